The lowest BCUT2D eigenvalue weighted by atomic mass is 10.1. The Bertz CT molecular complexity index is 621. The first-order valence-corrected chi connectivity index (χ1v) is 6.97. The minimum atomic E-state index is 0.750. The lowest BCUT2D eigenvalue weighted by Crippen LogP contribution is -2.18. The van der Waals surface area contributed by atoms with Crippen LogP contribution in [0, 0.1) is 0 Å². The standard InChI is InChI=1S/C17H22N2O/c1-14(2)8-11-19-12-15(9-10-18(3)13-20)16-6-4-5-7-17(16)19/h4-8,12-13H,9-11H2,1-3H3. The van der Waals surface area contributed by atoms with Crippen LogP contribution in [0.1, 0.15) is 19.4 Å². The number of para-hydroxylation sites is 1. The number of rotatable bonds is 6. The SMILES string of the molecule is CC(C)=CCn1cc(CCN(C)C=O)c2ccccc21. The molecule has 0 unspecified atom stereocenters. The molecule has 106 valence electrons. The van der Waals surface area contributed by atoms with Gasteiger partial charge in [0.05, 0.1) is 0 Å². The molecule has 3 heteroatoms. The van der Waals surface area contributed by atoms with E-state index in [1.807, 2.05) is 7.05 Å². The molecule has 0 fully saturated rings. The zero-order valence-corrected chi connectivity index (χ0v) is 12.5. The van der Waals surface area contributed by atoms with Crippen molar-refractivity contribution in [1.82, 2.24) is 9.47 Å². The van der Waals surface area contributed by atoms with Crippen LogP contribution >= 0.6 is 0 Å². The molecule has 0 spiro atoms. The van der Waals surface area contributed by atoms with Crippen molar-refractivity contribution in [2.45, 2.75) is 26.8 Å². The second-order valence-electron chi connectivity index (χ2n) is 5.44. The molecule has 1 aromatic carbocycles. The lowest BCUT2D eigenvalue weighted by Gasteiger charge is -2.08. The summed E-state index contributed by atoms with van der Waals surface area (Å²) in [5, 5.41) is 1.29. The molecule has 2 aromatic rings. The quantitative estimate of drug-likeness (QED) is 0.584. The number of amides is 1. The first kappa shape index (κ1) is 14.4. The van der Waals surface area contributed by atoms with Gasteiger partial charge in [0.2, 0.25) is 6.41 Å². The van der Waals surface area contributed by atoms with E-state index >= 15 is 0 Å². The highest BCUT2D eigenvalue weighted by molar-refractivity contribution is 5.84. The minimum Gasteiger partial charge on any atom is -0.348 e. The van der Waals surface area contributed by atoms with Crippen LogP contribution in [0.3, 0.4) is 0 Å². The Morgan fingerprint density at radius 1 is 1.30 bits per heavy atom. The maximum Gasteiger partial charge on any atom is 0.209 e. The number of carbonyl (C=O) groups excluding carboxylic acids is 1. The molecule has 3 nitrogen and oxygen atoms in total. The molecule has 1 amide bonds. The Morgan fingerprint density at radius 2 is 2.05 bits per heavy atom. The Labute approximate surface area is 120 Å². The highest BCUT2D eigenvalue weighted by atomic mass is 16.1. The number of hydrogen-bond donors (Lipinski definition) is 0. The summed E-state index contributed by atoms with van der Waals surface area (Å²) in [7, 11) is 1.81. The molecule has 1 aromatic heterocycles. The first-order valence-electron chi connectivity index (χ1n) is 6.97. The van der Waals surface area contributed by atoms with Crippen molar-refractivity contribution in [2.75, 3.05) is 13.6 Å². The van der Waals surface area contributed by atoms with Crippen molar-refractivity contribution < 1.29 is 4.79 Å². The maximum absolute atomic E-state index is 10.7. The maximum atomic E-state index is 10.7. The van der Waals surface area contributed by atoms with Crippen LogP contribution in [-0.4, -0.2) is 29.5 Å². The third kappa shape index (κ3) is 3.29. The summed E-state index contributed by atoms with van der Waals surface area (Å²) in [6.07, 6.45) is 6.20. The van der Waals surface area contributed by atoms with E-state index in [1.165, 1.54) is 22.0 Å². The smallest absolute Gasteiger partial charge is 0.209 e. The molecule has 20 heavy (non-hydrogen) atoms. The van der Waals surface area contributed by atoms with Crippen LogP contribution in [0.4, 0.5) is 0 Å². The zero-order chi connectivity index (χ0) is 14.5. The summed E-state index contributed by atoms with van der Waals surface area (Å²) < 4.78 is 2.28. The normalized spacial score (nSPS) is 10.6. The van der Waals surface area contributed by atoms with E-state index in [0.717, 1.165) is 25.9 Å². The fourth-order valence-electron chi connectivity index (χ4n) is 2.30. The van der Waals surface area contributed by atoms with E-state index in [9.17, 15) is 4.79 Å². The van der Waals surface area contributed by atoms with Crippen molar-refractivity contribution in [3.63, 3.8) is 0 Å². The lowest BCUT2D eigenvalue weighted by molar-refractivity contribution is -0.116. The van der Waals surface area contributed by atoms with Gasteiger partial charge in [0, 0.05) is 37.2 Å². The van der Waals surface area contributed by atoms with E-state index in [1.54, 1.807) is 4.90 Å². The number of likely N-dealkylation sites (N-methyl/N-ethyl adjacent to an activating group) is 1. The second-order valence-corrected chi connectivity index (χ2v) is 5.44. The highest BCUT2D eigenvalue weighted by Gasteiger charge is 2.07. The van der Waals surface area contributed by atoms with Crippen molar-refractivity contribution in [3.8, 4) is 0 Å². The van der Waals surface area contributed by atoms with Gasteiger partial charge in [-0.05, 0) is 31.9 Å². The number of hydrogen-bond acceptors (Lipinski definition) is 1. The van der Waals surface area contributed by atoms with Crippen molar-refractivity contribution in [2.24, 2.45) is 0 Å². The molecule has 0 bridgehead atoms. The molecule has 2 rings (SSSR count). The van der Waals surface area contributed by atoms with Crippen LogP contribution < -0.4 is 0 Å². The van der Waals surface area contributed by atoms with Gasteiger partial charge < -0.3 is 9.47 Å². The van der Waals surface area contributed by atoms with Crippen LogP contribution in [0.25, 0.3) is 10.9 Å². The van der Waals surface area contributed by atoms with Gasteiger partial charge in [-0.3, -0.25) is 4.79 Å². The summed E-state index contributed by atoms with van der Waals surface area (Å²) in [4.78, 5) is 12.4. The fraction of sp³-hybridized carbons (Fsp3) is 0.353. The molecule has 0 aliphatic rings. The monoisotopic (exact) mass is 270 g/mol. The van der Waals surface area contributed by atoms with E-state index in [-0.39, 0.29) is 0 Å². The second kappa shape index (κ2) is 6.42. The summed E-state index contributed by atoms with van der Waals surface area (Å²) in [5.41, 5.74) is 3.88. The third-order valence-corrected chi connectivity index (χ3v) is 3.48. The number of carbonyl (C=O) groups is 1. The number of aromatic nitrogens is 1. The fourth-order valence-corrected chi connectivity index (χ4v) is 2.30. The number of fused-ring (bicyclic) bond motifs is 1. The van der Waals surface area contributed by atoms with E-state index in [0.29, 0.717) is 0 Å². The van der Waals surface area contributed by atoms with Gasteiger partial charge >= 0.3 is 0 Å². The number of nitrogens with zero attached hydrogens (tertiary/aromatic N) is 2. The average molecular weight is 270 g/mol. The summed E-state index contributed by atoms with van der Waals surface area (Å²) in [5.74, 6) is 0. The zero-order valence-electron chi connectivity index (χ0n) is 12.5. The van der Waals surface area contributed by atoms with E-state index < -0.39 is 0 Å². The van der Waals surface area contributed by atoms with Gasteiger partial charge in [0.25, 0.3) is 0 Å². The van der Waals surface area contributed by atoms with E-state index in [2.05, 4.69) is 55.0 Å². The molecule has 0 atom stereocenters. The Hall–Kier alpha value is -2.03. The predicted molar refractivity (Wildman–Crippen MR) is 83.8 cm³/mol. The summed E-state index contributed by atoms with van der Waals surface area (Å²) in [6, 6.07) is 8.45. The van der Waals surface area contributed by atoms with Gasteiger partial charge in [-0.15, -0.1) is 0 Å². The van der Waals surface area contributed by atoms with Crippen LogP contribution in [0.5, 0.6) is 0 Å². The summed E-state index contributed by atoms with van der Waals surface area (Å²) in [6.45, 7) is 5.88. The Balaban J connectivity index is 2.30. The molecular weight excluding hydrogens is 248 g/mol. The number of allylic oxidation sites excluding steroid dienone is 2. The van der Waals surface area contributed by atoms with Gasteiger partial charge in [-0.25, -0.2) is 0 Å². The van der Waals surface area contributed by atoms with Crippen LogP contribution in [-0.2, 0) is 17.8 Å². The first-order chi connectivity index (χ1) is 9.61. The highest BCUT2D eigenvalue weighted by Crippen LogP contribution is 2.22. The third-order valence-electron chi connectivity index (χ3n) is 3.48. The minimum absolute atomic E-state index is 0.750. The Kier molecular flexibility index (Phi) is 4.61. The average Bonchev–Trinajstić information content (AvgIpc) is 2.81. The van der Waals surface area contributed by atoms with Gasteiger partial charge in [0.1, 0.15) is 0 Å². The van der Waals surface area contributed by atoms with E-state index in [4.69, 9.17) is 0 Å². The Morgan fingerprint density at radius 3 is 2.75 bits per heavy atom. The van der Waals surface area contributed by atoms with Crippen LogP contribution in [0.15, 0.2) is 42.1 Å². The molecule has 0 saturated heterocycles. The van der Waals surface area contributed by atoms with Crippen molar-refractivity contribution in [3.05, 3.63) is 47.7 Å². The molecule has 0 radical (unpaired) electrons. The van der Waals surface area contributed by atoms with Gasteiger partial charge in [0.15, 0.2) is 0 Å². The van der Waals surface area contributed by atoms with Crippen molar-refractivity contribution >= 4 is 17.3 Å². The molecule has 0 N–H and O–H groups in total. The van der Waals surface area contributed by atoms with Gasteiger partial charge in [-0.2, -0.15) is 0 Å². The summed E-state index contributed by atoms with van der Waals surface area (Å²) >= 11 is 0. The topological polar surface area (TPSA) is 25.2 Å². The van der Waals surface area contributed by atoms with Gasteiger partial charge in [-0.1, -0.05) is 29.8 Å². The molecule has 0 saturated carbocycles. The molecular formula is C17H22N2O. The van der Waals surface area contributed by atoms with Crippen LogP contribution in [0.2, 0.25) is 0 Å². The molecule has 0 aliphatic carbocycles. The number of benzene rings is 1. The predicted octanol–water partition coefficient (Wildman–Crippen LogP) is 3.24. The largest absolute Gasteiger partial charge is 0.348 e. The molecule has 0 aliphatic heterocycles. The molecule has 1 heterocycles. The van der Waals surface area contributed by atoms with Crippen molar-refractivity contribution in [1.29, 1.82) is 0 Å².